The normalized spacial score (nSPS) is 22.6. The molecular formula is C22H32Cl2N4O3. The predicted octanol–water partition coefficient (Wildman–Crippen LogP) is 3.02. The highest BCUT2D eigenvalue weighted by Crippen LogP contribution is 2.23. The molecular weight excluding hydrogens is 439 g/mol. The molecule has 0 saturated carbocycles. The lowest BCUT2D eigenvalue weighted by atomic mass is 10.0. The Bertz CT molecular complexity index is 799. The van der Waals surface area contributed by atoms with E-state index < -0.39 is 0 Å². The van der Waals surface area contributed by atoms with Gasteiger partial charge in [0.25, 0.3) is 0 Å². The molecule has 0 unspecified atom stereocenters. The molecule has 7 nitrogen and oxygen atoms in total. The zero-order chi connectivity index (χ0) is 20.1. The number of nitrogens with two attached hydrogens (primary N) is 1. The van der Waals surface area contributed by atoms with Gasteiger partial charge in [0.15, 0.2) is 5.76 Å². The summed E-state index contributed by atoms with van der Waals surface area (Å²) in [4.78, 5) is 15.3. The largest absolute Gasteiger partial charge is 0.381 e. The van der Waals surface area contributed by atoms with Gasteiger partial charge in [-0.05, 0) is 25.7 Å². The quantitative estimate of drug-likeness (QED) is 0.697. The topological polar surface area (TPSA) is 93.6 Å². The van der Waals surface area contributed by atoms with Crippen molar-refractivity contribution in [3.05, 3.63) is 42.2 Å². The highest BCUT2D eigenvalue weighted by atomic mass is 35.5. The number of nitrogens with one attached hydrogen (secondary N) is 1. The van der Waals surface area contributed by atoms with Gasteiger partial charge in [0.1, 0.15) is 5.69 Å². The summed E-state index contributed by atoms with van der Waals surface area (Å²) in [5, 5.41) is 7.15. The van der Waals surface area contributed by atoms with E-state index in [1.54, 1.807) is 0 Å². The van der Waals surface area contributed by atoms with E-state index in [1.807, 2.05) is 36.4 Å². The number of carbonyl (C=O) groups excluding carboxylic acids is 1. The average Bonchev–Trinajstić information content (AvgIpc) is 3.15. The minimum atomic E-state index is -0.0529. The number of benzene rings is 1. The molecule has 1 aromatic heterocycles. The molecule has 3 heterocycles. The van der Waals surface area contributed by atoms with Crippen molar-refractivity contribution in [2.45, 2.75) is 44.3 Å². The summed E-state index contributed by atoms with van der Waals surface area (Å²) in [5.74, 6) is 0.667. The lowest BCUT2D eigenvalue weighted by Crippen LogP contribution is -2.47. The van der Waals surface area contributed by atoms with E-state index in [2.05, 4.69) is 15.4 Å². The molecule has 0 radical (unpaired) electrons. The number of ether oxygens (including phenoxy) is 1. The SMILES string of the molecule is Cl.Cl.N[C@H]1CC[C@@H](C(=O)NCc2cc(-c3ccccc3)no2)CN(C2CCOCC2)C1. The molecule has 2 fully saturated rings. The molecule has 0 aliphatic carbocycles. The van der Waals surface area contributed by atoms with Crippen LogP contribution in [0.3, 0.4) is 0 Å². The first-order chi connectivity index (χ1) is 14.2. The lowest BCUT2D eigenvalue weighted by molar-refractivity contribution is -0.126. The Labute approximate surface area is 195 Å². The fourth-order valence-electron chi connectivity index (χ4n) is 4.28. The highest BCUT2D eigenvalue weighted by Gasteiger charge is 2.31. The molecule has 2 aliphatic rings. The summed E-state index contributed by atoms with van der Waals surface area (Å²) in [6.07, 6.45) is 3.72. The first-order valence-electron chi connectivity index (χ1n) is 10.5. The fraction of sp³-hybridized carbons (Fsp3) is 0.545. The van der Waals surface area contributed by atoms with E-state index in [1.165, 1.54) is 0 Å². The minimum Gasteiger partial charge on any atom is -0.381 e. The second-order valence-electron chi connectivity index (χ2n) is 8.09. The van der Waals surface area contributed by atoms with Gasteiger partial charge in [0, 0.05) is 50.0 Å². The Hall–Kier alpha value is -1.64. The van der Waals surface area contributed by atoms with Gasteiger partial charge >= 0.3 is 0 Å². The van der Waals surface area contributed by atoms with Crippen molar-refractivity contribution in [2.75, 3.05) is 26.3 Å². The van der Waals surface area contributed by atoms with Crippen molar-refractivity contribution in [1.82, 2.24) is 15.4 Å². The summed E-state index contributed by atoms with van der Waals surface area (Å²) >= 11 is 0. The van der Waals surface area contributed by atoms with Crippen LogP contribution in [-0.2, 0) is 16.1 Å². The molecule has 0 bridgehead atoms. The van der Waals surface area contributed by atoms with Crippen molar-refractivity contribution in [3.63, 3.8) is 0 Å². The smallest absolute Gasteiger partial charge is 0.224 e. The zero-order valence-electron chi connectivity index (χ0n) is 17.6. The molecule has 2 aliphatic heterocycles. The van der Waals surface area contributed by atoms with Gasteiger partial charge in [0.2, 0.25) is 5.91 Å². The van der Waals surface area contributed by atoms with Gasteiger partial charge in [0.05, 0.1) is 12.5 Å². The van der Waals surface area contributed by atoms with Crippen molar-refractivity contribution in [3.8, 4) is 11.3 Å². The fourth-order valence-corrected chi connectivity index (χ4v) is 4.28. The van der Waals surface area contributed by atoms with Crippen molar-refractivity contribution >= 4 is 30.7 Å². The number of hydrogen-bond acceptors (Lipinski definition) is 6. The van der Waals surface area contributed by atoms with Gasteiger partial charge in [-0.1, -0.05) is 35.5 Å². The molecule has 1 amide bonds. The van der Waals surface area contributed by atoms with Crippen LogP contribution in [0.2, 0.25) is 0 Å². The van der Waals surface area contributed by atoms with E-state index in [0.29, 0.717) is 18.3 Å². The summed E-state index contributed by atoms with van der Waals surface area (Å²) in [7, 11) is 0. The Morgan fingerprint density at radius 2 is 1.84 bits per heavy atom. The summed E-state index contributed by atoms with van der Waals surface area (Å²) in [6, 6.07) is 12.3. The van der Waals surface area contributed by atoms with Gasteiger partial charge in [-0.25, -0.2) is 0 Å². The summed E-state index contributed by atoms with van der Waals surface area (Å²) < 4.78 is 10.9. The Kier molecular flexibility index (Phi) is 10.3. The monoisotopic (exact) mass is 470 g/mol. The van der Waals surface area contributed by atoms with Gasteiger partial charge in [-0.15, -0.1) is 24.8 Å². The number of carbonyl (C=O) groups is 1. The minimum absolute atomic E-state index is 0. The molecule has 9 heteroatoms. The molecule has 2 saturated heterocycles. The molecule has 2 atom stereocenters. The second-order valence-corrected chi connectivity index (χ2v) is 8.09. The van der Waals surface area contributed by atoms with Crippen molar-refractivity contribution in [1.29, 1.82) is 0 Å². The van der Waals surface area contributed by atoms with Crippen molar-refractivity contribution in [2.24, 2.45) is 11.7 Å². The van der Waals surface area contributed by atoms with Crippen LogP contribution in [0.25, 0.3) is 11.3 Å². The molecule has 172 valence electrons. The number of amides is 1. The third-order valence-corrected chi connectivity index (χ3v) is 5.95. The zero-order valence-corrected chi connectivity index (χ0v) is 19.2. The van der Waals surface area contributed by atoms with Gasteiger partial charge < -0.3 is 20.3 Å². The molecule has 4 rings (SSSR count). The third kappa shape index (κ3) is 6.92. The van der Waals surface area contributed by atoms with Crippen LogP contribution in [0.15, 0.2) is 40.9 Å². The average molecular weight is 471 g/mol. The van der Waals surface area contributed by atoms with Gasteiger partial charge in [-0.3, -0.25) is 9.69 Å². The van der Waals surface area contributed by atoms with Crippen LogP contribution >= 0.6 is 24.8 Å². The third-order valence-electron chi connectivity index (χ3n) is 5.95. The molecule has 0 spiro atoms. The van der Waals surface area contributed by atoms with Crippen LogP contribution in [0.5, 0.6) is 0 Å². The van der Waals surface area contributed by atoms with Crippen LogP contribution in [0, 0.1) is 5.92 Å². The van der Waals surface area contributed by atoms with Gasteiger partial charge in [-0.2, -0.15) is 0 Å². The Morgan fingerprint density at radius 1 is 1.10 bits per heavy atom. The maximum absolute atomic E-state index is 12.9. The first kappa shape index (κ1) is 25.6. The number of halogens is 2. The summed E-state index contributed by atoms with van der Waals surface area (Å²) in [5.41, 5.74) is 8.07. The number of hydrogen-bond donors (Lipinski definition) is 2. The van der Waals surface area contributed by atoms with Crippen LogP contribution in [0.1, 0.15) is 31.4 Å². The number of aromatic nitrogens is 1. The Morgan fingerprint density at radius 3 is 2.58 bits per heavy atom. The summed E-state index contributed by atoms with van der Waals surface area (Å²) in [6.45, 7) is 3.55. The first-order valence-corrected chi connectivity index (χ1v) is 10.5. The van der Waals surface area contributed by atoms with Crippen LogP contribution in [0.4, 0.5) is 0 Å². The predicted molar refractivity (Wildman–Crippen MR) is 124 cm³/mol. The highest BCUT2D eigenvalue weighted by molar-refractivity contribution is 5.85. The maximum atomic E-state index is 12.9. The van der Waals surface area contributed by atoms with E-state index in [-0.39, 0.29) is 42.7 Å². The number of likely N-dealkylation sites (tertiary alicyclic amines) is 1. The number of nitrogens with zero attached hydrogens (tertiary/aromatic N) is 2. The number of rotatable bonds is 5. The second kappa shape index (κ2) is 12.4. The molecule has 3 N–H and O–H groups in total. The molecule has 1 aromatic carbocycles. The maximum Gasteiger partial charge on any atom is 0.224 e. The molecule has 2 aromatic rings. The lowest BCUT2D eigenvalue weighted by Gasteiger charge is -2.35. The van der Waals surface area contributed by atoms with E-state index >= 15 is 0 Å². The van der Waals surface area contributed by atoms with Crippen molar-refractivity contribution < 1.29 is 14.1 Å². The van der Waals surface area contributed by atoms with E-state index in [4.69, 9.17) is 15.0 Å². The standard InChI is InChI=1S/C22H30N4O3.2ClH/c23-18-7-6-17(14-26(15-18)19-8-10-28-11-9-19)22(27)24-13-20-12-21(25-29-20)16-4-2-1-3-5-16;;/h1-5,12,17-19H,6-11,13-15,23H2,(H,24,27);2*1H/t17-,18+;;/m1../s1. The van der Waals surface area contributed by atoms with Crippen LogP contribution < -0.4 is 11.1 Å². The molecule has 31 heavy (non-hydrogen) atoms. The Balaban J connectivity index is 0.00000171. The van der Waals surface area contributed by atoms with E-state index in [9.17, 15) is 4.79 Å². The van der Waals surface area contributed by atoms with E-state index in [0.717, 1.165) is 63.2 Å². The van der Waals surface area contributed by atoms with Crippen LogP contribution in [-0.4, -0.2) is 54.4 Å².